The Labute approximate surface area is 175 Å². The van der Waals surface area contributed by atoms with Crippen LogP contribution in [0.15, 0.2) is 72.8 Å². The van der Waals surface area contributed by atoms with E-state index in [1.807, 2.05) is 48.5 Å². The van der Waals surface area contributed by atoms with Gasteiger partial charge in [-0.1, -0.05) is 60.7 Å². The predicted molar refractivity (Wildman–Crippen MR) is 112 cm³/mol. The number of nitrogens with zero attached hydrogens (tertiary/aromatic N) is 1. The minimum atomic E-state index is -0.314. The summed E-state index contributed by atoms with van der Waals surface area (Å²) in [6.45, 7) is 0.306. The number of methoxy groups -OCH3 is 1. The molecule has 1 saturated heterocycles. The van der Waals surface area contributed by atoms with Gasteiger partial charge in [0.05, 0.1) is 25.5 Å². The molecule has 2 unspecified atom stereocenters. The molecule has 1 aliphatic heterocycles. The van der Waals surface area contributed by atoms with Gasteiger partial charge in [0.15, 0.2) is 0 Å². The van der Waals surface area contributed by atoms with Crippen molar-refractivity contribution in [2.24, 2.45) is 11.8 Å². The lowest BCUT2D eigenvalue weighted by atomic mass is 9.55. The Morgan fingerprint density at radius 2 is 1.13 bits per heavy atom. The van der Waals surface area contributed by atoms with E-state index in [-0.39, 0.29) is 35.5 Å². The lowest BCUT2D eigenvalue weighted by molar-refractivity contribution is -0.140. The van der Waals surface area contributed by atoms with Crippen LogP contribution in [0.1, 0.15) is 39.7 Å². The van der Waals surface area contributed by atoms with Gasteiger partial charge in [-0.2, -0.15) is 0 Å². The van der Waals surface area contributed by atoms with E-state index >= 15 is 0 Å². The lowest BCUT2D eigenvalue weighted by Gasteiger charge is -2.45. The lowest BCUT2D eigenvalue weighted by Crippen LogP contribution is -2.41. The first-order valence-corrected chi connectivity index (χ1v) is 10.3. The Kier molecular flexibility index (Phi) is 3.66. The van der Waals surface area contributed by atoms with Gasteiger partial charge in [-0.25, -0.2) is 0 Å². The quantitative estimate of drug-likeness (QED) is 0.628. The van der Waals surface area contributed by atoms with E-state index in [2.05, 4.69) is 24.3 Å². The van der Waals surface area contributed by atoms with Crippen LogP contribution in [0.2, 0.25) is 0 Å². The van der Waals surface area contributed by atoms with E-state index in [4.69, 9.17) is 4.74 Å². The SMILES string of the molecule is COc1ccc(CN2C(=O)C3C4c5ccccc5C(c5ccccc54)C3C2=O)cc1. The number of benzene rings is 3. The topological polar surface area (TPSA) is 46.6 Å². The van der Waals surface area contributed by atoms with E-state index in [9.17, 15) is 9.59 Å². The summed E-state index contributed by atoms with van der Waals surface area (Å²) in [6, 6.07) is 24.2. The summed E-state index contributed by atoms with van der Waals surface area (Å²) in [6.07, 6.45) is 0. The molecule has 0 spiro atoms. The van der Waals surface area contributed by atoms with E-state index in [0.29, 0.717) is 6.54 Å². The first-order chi connectivity index (χ1) is 14.7. The molecule has 4 heteroatoms. The summed E-state index contributed by atoms with van der Waals surface area (Å²) in [4.78, 5) is 28.6. The molecule has 0 N–H and O–H groups in total. The fourth-order valence-electron chi connectivity index (χ4n) is 5.81. The van der Waals surface area contributed by atoms with Crippen molar-refractivity contribution >= 4 is 11.8 Å². The van der Waals surface area contributed by atoms with Crippen LogP contribution >= 0.6 is 0 Å². The normalized spacial score (nSPS) is 25.7. The van der Waals surface area contributed by atoms with Crippen LogP contribution < -0.4 is 4.74 Å². The number of amides is 2. The second kappa shape index (κ2) is 6.30. The highest BCUT2D eigenvalue weighted by Gasteiger charge is 2.61. The summed E-state index contributed by atoms with van der Waals surface area (Å²) in [5.74, 6) is -0.0550. The molecule has 4 nitrogen and oxygen atoms in total. The van der Waals surface area contributed by atoms with Crippen LogP contribution in [0.3, 0.4) is 0 Å². The van der Waals surface area contributed by atoms with Gasteiger partial charge < -0.3 is 4.74 Å². The molecule has 7 rings (SSSR count). The maximum atomic E-state index is 13.6. The molecule has 3 aromatic carbocycles. The third-order valence-corrected chi connectivity index (χ3v) is 7.04. The van der Waals surface area contributed by atoms with Crippen LogP contribution in [-0.2, 0) is 16.1 Å². The second-order valence-electron chi connectivity index (χ2n) is 8.38. The minimum absolute atomic E-state index is 0.0418. The van der Waals surface area contributed by atoms with Crippen LogP contribution in [-0.4, -0.2) is 23.8 Å². The average molecular weight is 395 g/mol. The summed E-state index contributed by atoms with van der Waals surface area (Å²) in [5.41, 5.74) is 5.74. The summed E-state index contributed by atoms with van der Waals surface area (Å²) in [5, 5.41) is 0. The van der Waals surface area contributed by atoms with Crippen LogP contribution in [0.4, 0.5) is 0 Å². The molecular weight excluding hydrogens is 374 g/mol. The van der Waals surface area contributed by atoms with Crippen molar-refractivity contribution in [1.82, 2.24) is 4.90 Å². The minimum Gasteiger partial charge on any atom is -0.497 e. The molecule has 3 aliphatic carbocycles. The molecule has 3 aromatic rings. The molecule has 2 atom stereocenters. The average Bonchev–Trinajstić information content (AvgIpc) is 3.05. The predicted octanol–water partition coefficient (Wildman–Crippen LogP) is 4.09. The number of rotatable bonds is 3. The van der Waals surface area contributed by atoms with Crippen molar-refractivity contribution in [3.63, 3.8) is 0 Å². The number of likely N-dealkylation sites (tertiary alicyclic amines) is 1. The highest BCUT2D eigenvalue weighted by Crippen LogP contribution is 2.61. The molecule has 2 bridgehead atoms. The molecule has 30 heavy (non-hydrogen) atoms. The van der Waals surface area contributed by atoms with Gasteiger partial charge in [-0.15, -0.1) is 0 Å². The van der Waals surface area contributed by atoms with Gasteiger partial charge in [0.1, 0.15) is 5.75 Å². The number of carbonyl (C=O) groups excluding carboxylic acids is 2. The van der Waals surface area contributed by atoms with Crippen LogP contribution in [0.25, 0.3) is 0 Å². The largest absolute Gasteiger partial charge is 0.497 e. The van der Waals surface area contributed by atoms with Gasteiger partial charge in [-0.05, 0) is 39.9 Å². The van der Waals surface area contributed by atoms with Crippen LogP contribution in [0.5, 0.6) is 5.75 Å². The van der Waals surface area contributed by atoms with Crippen molar-refractivity contribution in [2.45, 2.75) is 18.4 Å². The van der Waals surface area contributed by atoms with Crippen molar-refractivity contribution in [3.05, 3.63) is 101 Å². The first-order valence-electron chi connectivity index (χ1n) is 10.3. The Bertz CT molecular complexity index is 1070. The fourth-order valence-corrected chi connectivity index (χ4v) is 5.81. The number of ether oxygens (including phenoxy) is 1. The zero-order chi connectivity index (χ0) is 20.4. The standard InChI is InChI=1S/C26H21NO3/c1-30-16-12-10-15(11-13-16)14-27-25(28)23-21-17-6-2-3-7-18(17)22(24(23)26(27)29)20-9-5-4-8-19(20)21/h2-13,21-24H,14H2,1H3. The van der Waals surface area contributed by atoms with Gasteiger partial charge in [0.25, 0.3) is 0 Å². The summed E-state index contributed by atoms with van der Waals surface area (Å²) in [7, 11) is 1.62. The van der Waals surface area contributed by atoms with Crippen molar-refractivity contribution in [2.75, 3.05) is 7.11 Å². The molecule has 4 aliphatic rings. The highest BCUT2D eigenvalue weighted by atomic mass is 16.5. The van der Waals surface area contributed by atoms with E-state index in [1.165, 1.54) is 27.2 Å². The molecule has 1 fully saturated rings. The Morgan fingerprint density at radius 3 is 1.53 bits per heavy atom. The monoisotopic (exact) mass is 395 g/mol. The molecule has 0 aromatic heterocycles. The van der Waals surface area contributed by atoms with Gasteiger partial charge >= 0.3 is 0 Å². The number of imide groups is 1. The van der Waals surface area contributed by atoms with Gasteiger partial charge in [-0.3, -0.25) is 14.5 Å². The highest BCUT2D eigenvalue weighted by molar-refractivity contribution is 6.07. The maximum Gasteiger partial charge on any atom is 0.234 e. The molecule has 148 valence electrons. The van der Waals surface area contributed by atoms with Crippen molar-refractivity contribution in [1.29, 1.82) is 0 Å². The Hall–Kier alpha value is -3.40. The molecule has 1 heterocycles. The van der Waals surface area contributed by atoms with Gasteiger partial charge in [0, 0.05) is 11.8 Å². The fraction of sp³-hybridized carbons (Fsp3) is 0.231. The van der Waals surface area contributed by atoms with Crippen LogP contribution in [0, 0.1) is 11.8 Å². The smallest absolute Gasteiger partial charge is 0.234 e. The zero-order valence-corrected chi connectivity index (χ0v) is 16.6. The number of carbonyl (C=O) groups is 2. The maximum absolute atomic E-state index is 13.6. The second-order valence-corrected chi connectivity index (χ2v) is 8.38. The Morgan fingerprint density at radius 1 is 0.700 bits per heavy atom. The summed E-state index contributed by atoms with van der Waals surface area (Å²) < 4.78 is 5.22. The molecule has 0 saturated carbocycles. The number of hydrogen-bond acceptors (Lipinski definition) is 3. The molecular formula is C26H21NO3. The van der Waals surface area contributed by atoms with Gasteiger partial charge in [0.2, 0.25) is 11.8 Å². The third kappa shape index (κ3) is 2.22. The van der Waals surface area contributed by atoms with E-state index in [1.54, 1.807) is 7.11 Å². The van der Waals surface area contributed by atoms with Crippen molar-refractivity contribution < 1.29 is 14.3 Å². The van der Waals surface area contributed by atoms with Crippen molar-refractivity contribution in [3.8, 4) is 5.75 Å². The van der Waals surface area contributed by atoms with E-state index < -0.39 is 0 Å². The number of hydrogen-bond donors (Lipinski definition) is 0. The summed E-state index contributed by atoms with van der Waals surface area (Å²) >= 11 is 0. The zero-order valence-electron chi connectivity index (χ0n) is 16.6. The molecule has 0 radical (unpaired) electrons. The Balaban J connectivity index is 1.44. The first kappa shape index (κ1) is 17.5. The molecule has 2 amide bonds. The third-order valence-electron chi connectivity index (χ3n) is 7.04. The van der Waals surface area contributed by atoms with E-state index in [0.717, 1.165) is 11.3 Å².